The number of carbonyl (C=O) groups is 5. The lowest BCUT2D eigenvalue weighted by Gasteiger charge is -2.35. The molecule has 396 valence electrons. The summed E-state index contributed by atoms with van der Waals surface area (Å²) in [6.07, 6.45) is 7.61. The molecular weight excluding hydrogens is 979 g/mol. The van der Waals surface area contributed by atoms with Crippen molar-refractivity contribution in [1.82, 2.24) is 20.4 Å². The third-order valence-corrected chi connectivity index (χ3v) is 14.9. The van der Waals surface area contributed by atoms with Crippen LogP contribution in [0.4, 0.5) is 10.5 Å². The molecule has 3 aromatic carbocycles. The SMILES string of the molecule is [C-]#[N+]c1ccc(Oc2ccc(/C=C3\SC(=O)N(CCCCOCCCCOCCCCCCC(=O)N[C@H](C(=O)N4C[C@H](O)C[C@H]4C(=O)NCc4ccc(-c5sccc5C)cc4)C(C)(C)C)C3=O)cc2OC)c(C)c1. The molecular formula is C57H71N5O10S2. The van der Waals surface area contributed by atoms with Crippen LogP contribution in [0.2, 0.25) is 0 Å². The minimum absolute atomic E-state index is 0.0257. The molecule has 3 N–H and O–H groups in total. The van der Waals surface area contributed by atoms with E-state index >= 15 is 0 Å². The number of aryl methyl sites for hydroxylation is 2. The molecule has 15 nitrogen and oxygen atoms in total. The van der Waals surface area contributed by atoms with E-state index in [-0.39, 0.29) is 48.3 Å². The van der Waals surface area contributed by atoms with Crippen LogP contribution < -0.4 is 20.1 Å². The smallest absolute Gasteiger partial charge is 0.293 e. The molecule has 3 atom stereocenters. The average molecular weight is 1050 g/mol. The van der Waals surface area contributed by atoms with Gasteiger partial charge in [-0.05, 0) is 139 Å². The van der Waals surface area contributed by atoms with Gasteiger partial charge in [0.05, 0.1) is 24.7 Å². The van der Waals surface area contributed by atoms with E-state index in [2.05, 4.69) is 33.8 Å². The zero-order chi connectivity index (χ0) is 53.2. The lowest BCUT2D eigenvalue weighted by Crippen LogP contribution is -2.57. The Balaban J connectivity index is 0.786. The van der Waals surface area contributed by atoms with E-state index in [1.807, 2.05) is 52.0 Å². The van der Waals surface area contributed by atoms with Crippen LogP contribution in [0.3, 0.4) is 0 Å². The maximum atomic E-state index is 14.0. The third kappa shape index (κ3) is 16.5. The van der Waals surface area contributed by atoms with Gasteiger partial charge in [0.2, 0.25) is 17.7 Å². The third-order valence-electron chi connectivity index (χ3n) is 12.9. The Morgan fingerprint density at radius 2 is 1.53 bits per heavy atom. The first-order valence-corrected chi connectivity index (χ1v) is 27.2. The van der Waals surface area contributed by atoms with Gasteiger partial charge in [-0.1, -0.05) is 70.0 Å². The summed E-state index contributed by atoms with van der Waals surface area (Å²) in [5.41, 5.74) is 4.67. The number of hydrogen-bond donors (Lipinski definition) is 3. The number of nitrogens with zero attached hydrogens (tertiary/aromatic N) is 3. The fourth-order valence-electron chi connectivity index (χ4n) is 8.67. The van der Waals surface area contributed by atoms with Gasteiger partial charge in [-0.25, -0.2) is 4.85 Å². The Hall–Kier alpha value is -6.03. The Kier molecular flexibility index (Phi) is 21.7. The Morgan fingerprint density at radius 1 is 0.851 bits per heavy atom. The van der Waals surface area contributed by atoms with E-state index in [0.29, 0.717) is 92.2 Å². The number of aliphatic hydroxyl groups is 1. The van der Waals surface area contributed by atoms with Crippen LogP contribution in [0, 0.1) is 25.8 Å². The van der Waals surface area contributed by atoms with Gasteiger partial charge in [-0.2, -0.15) is 0 Å². The average Bonchev–Trinajstić information content (AvgIpc) is 4.07. The standard InChI is InChI=1S/C57H71N5O10S2/c1-38-25-31-73-51(38)42-20-17-40(18-21-42)36-59-53(65)45-35-44(63)37-62(45)55(67)52(57(3,4)5)60-50(64)16-10-8-9-12-27-70-29-14-15-30-71-28-13-11-26-61-54(66)49(74-56(61)68)34-41-19-23-47(48(33-41)69-7)72-46-24-22-43(58-6)32-39(46)2/h17-25,31-34,44-45,52,63H,8-16,26-30,35-37H2,1-5,7H3,(H,59,65)(H,60,64)/b49-34-/t44-,45+,52-/m1/s1. The number of unbranched alkanes of at least 4 members (excludes halogenated alkanes) is 5. The highest BCUT2D eigenvalue weighted by atomic mass is 32.2. The van der Waals surface area contributed by atoms with E-state index in [1.54, 1.807) is 53.8 Å². The maximum Gasteiger partial charge on any atom is 0.293 e. The Labute approximate surface area is 444 Å². The highest BCUT2D eigenvalue weighted by molar-refractivity contribution is 8.18. The molecule has 6 rings (SSSR count). The molecule has 5 amide bonds. The van der Waals surface area contributed by atoms with Gasteiger partial charge in [0.1, 0.15) is 17.8 Å². The molecule has 0 spiro atoms. The molecule has 0 saturated carbocycles. The van der Waals surface area contributed by atoms with Gasteiger partial charge in [-0.3, -0.25) is 28.9 Å². The summed E-state index contributed by atoms with van der Waals surface area (Å²) >= 11 is 2.61. The van der Waals surface area contributed by atoms with Crippen LogP contribution in [0.1, 0.15) is 107 Å². The molecule has 2 fully saturated rings. The summed E-state index contributed by atoms with van der Waals surface area (Å²) in [6.45, 7) is 19.8. The van der Waals surface area contributed by atoms with E-state index < -0.39 is 23.6 Å². The zero-order valence-corrected chi connectivity index (χ0v) is 45.2. The molecule has 0 bridgehead atoms. The molecule has 3 heterocycles. The van der Waals surface area contributed by atoms with Crippen molar-refractivity contribution in [2.24, 2.45) is 5.41 Å². The van der Waals surface area contributed by atoms with Crippen molar-refractivity contribution in [3.05, 3.63) is 111 Å². The van der Waals surface area contributed by atoms with Gasteiger partial charge < -0.3 is 39.6 Å². The van der Waals surface area contributed by atoms with Gasteiger partial charge in [0.15, 0.2) is 17.2 Å². The number of β-amino-alcohol motifs (C(OH)–C–C–N with tert-alkyl or cyclic N) is 1. The van der Waals surface area contributed by atoms with Gasteiger partial charge >= 0.3 is 0 Å². The second-order valence-corrected chi connectivity index (χ2v) is 21.7. The number of imide groups is 1. The summed E-state index contributed by atoms with van der Waals surface area (Å²) in [5.74, 6) is 0.300. The number of benzene rings is 3. The summed E-state index contributed by atoms with van der Waals surface area (Å²) in [7, 11) is 1.53. The topological polar surface area (TPSA) is 177 Å². The van der Waals surface area contributed by atoms with Crippen molar-refractivity contribution in [1.29, 1.82) is 0 Å². The van der Waals surface area contributed by atoms with Crippen molar-refractivity contribution in [3.63, 3.8) is 0 Å². The van der Waals surface area contributed by atoms with Crippen LogP contribution in [0.15, 0.2) is 77.0 Å². The molecule has 2 aliphatic rings. The maximum absolute atomic E-state index is 14.0. The molecule has 1 aromatic heterocycles. The van der Waals surface area contributed by atoms with Crippen molar-refractivity contribution < 1.29 is 48.0 Å². The predicted octanol–water partition coefficient (Wildman–Crippen LogP) is 10.8. The molecule has 0 aliphatic carbocycles. The lowest BCUT2D eigenvalue weighted by molar-refractivity contribution is -0.144. The molecule has 74 heavy (non-hydrogen) atoms. The number of ether oxygens (including phenoxy) is 4. The van der Waals surface area contributed by atoms with E-state index in [0.717, 1.165) is 60.6 Å². The van der Waals surface area contributed by atoms with Crippen molar-refractivity contribution in [3.8, 4) is 27.7 Å². The Bertz CT molecular complexity index is 2640. The lowest BCUT2D eigenvalue weighted by atomic mass is 9.85. The molecule has 0 unspecified atom stereocenters. The second kappa shape index (κ2) is 28.0. The highest BCUT2D eigenvalue weighted by Gasteiger charge is 2.44. The summed E-state index contributed by atoms with van der Waals surface area (Å²) in [5, 5.41) is 18.3. The largest absolute Gasteiger partial charge is 0.493 e. The van der Waals surface area contributed by atoms with Crippen LogP contribution >= 0.6 is 23.1 Å². The van der Waals surface area contributed by atoms with Crippen LogP contribution in [0.5, 0.6) is 17.2 Å². The van der Waals surface area contributed by atoms with Crippen LogP contribution in [0.25, 0.3) is 21.4 Å². The molecule has 4 aromatic rings. The van der Waals surface area contributed by atoms with Crippen molar-refractivity contribution in [2.45, 2.75) is 124 Å². The first-order chi connectivity index (χ1) is 35.6. The minimum Gasteiger partial charge on any atom is -0.493 e. The number of carbonyl (C=O) groups excluding carboxylic acids is 5. The Morgan fingerprint density at radius 3 is 2.18 bits per heavy atom. The van der Waals surface area contributed by atoms with Crippen molar-refractivity contribution in [2.75, 3.05) is 46.6 Å². The predicted molar refractivity (Wildman–Crippen MR) is 290 cm³/mol. The van der Waals surface area contributed by atoms with Gasteiger partial charge in [0.25, 0.3) is 11.1 Å². The number of aliphatic hydroxyl groups excluding tert-OH is 1. The van der Waals surface area contributed by atoms with Crippen molar-refractivity contribution >= 4 is 63.7 Å². The number of amides is 5. The fourth-order valence-corrected chi connectivity index (χ4v) is 10.5. The van der Waals surface area contributed by atoms with Gasteiger partial charge in [0, 0.05) is 63.8 Å². The fraction of sp³-hybridized carbons (Fsp3) is 0.474. The summed E-state index contributed by atoms with van der Waals surface area (Å²) < 4.78 is 23.2. The molecule has 2 aliphatic heterocycles. The number of thiophene rings is 1. The van der Waals surface area contributed by atoms with E-state index in [4.69, 9.17) is 25.5 Å². The number of rotatable bonds is 27. The van der Waals surface area contributed by atoms with E-state index in [1.165, 1.54) is 27.4 Å². The summed E-state index contributed by atoms with van der Waals surface area (Å²) in [4.78, 5) is 74.2. The number of nitrogens with one attached hydrogen (secondary N) is 2. The highest BCUT2D eigenvalue weighted by Crippen LogP contribution is 2.38. The monoisotopic (exact) mass is 1050 g/mol. The van der Waals surface area contributed by atoms with Crippen LogP contribution in [-0.2, 0) is 35.2 Å². The van der Waals surface area contributed by atoms with E-state index in [9.17, 15) is 29.1 Å². The van der Waals surface area contributed by atoms with Gasteiger partial charge in [-0.15, -0.1) is 11.3 Å². The first-order valence-electron chi connectivity index (χ1n) is 25.5. The summed E-state index contributed by atoms with van der Waals surface area (Å²) in [6, 6.07) is 18.9. The normalized spacial score (nSPS) is 16.6. The zero-order valence-electron chi connectivity index (χ0n) is 43.5. The minimum atomic E-state index is -0.864. The number of methoxy groups -OCH3 is 1. The molecule has 17 heteroatoms. The first kappa shape index (κ1) is 57.3. The molecule has 2 saturated heterocycles. The quantitative estimate of drug-likeness (QED) is 0.0294. The molecule has 0 radical (unpaired) electrons. The number of likely N-dealkylation sites (tertiary alicyclic amines) is 1. The number of thioether (sulfide) groups is 1. The second-order valence-electron chi connectivity index (χ2n) is 19.8. The van der Waals surface area contributed by atoms with Crippen LogP contribution in [-0.4, -0.2) is 109 Å². The number of hydrogen-bond acceptors (Lipinski definition) is 12.